The minimum Gasteiger partial charge on any atom is -0.314 e. The number of hydrogen-bond donors (Lipinski definition) is 1. The monoisotopic (exact) mass is 280 g/mol. The predicted octanol–water partition coefficient (Wildman–Crippen LogP) is 3.91. The van der Waals surface area contributed by atoms with Gasteiger partial charge < -0.3 is 10.2 Å². The fraction of sp³-hybridized carbons (Fsp3) is 1.00. The molecule has 0 radical (unpaired) electrons. The van der Waals surface area contributed by atoms with Gasteiger partial charge in [0.25, 0.3) is 0 Å². The molecule has 2 fully saturated rings. The number of rotatable bonds is 6. The van der Waals surface area contributed by atoms with Crippen molar-refractivity contribution in [2.45, 2.75) is 72.3 Å². The van der Waals surface area contributed by atoms with Crippen LogP contribution in [0.25, 0.3) is 0 Å². The number of nitrogens with zero attached hydrogens (tertiary/aromatic N) is 1. The molecule has 2 aliphatic rings. The lowest BCUT2D eigenvalue weighted by Gasteiger charge is -2.42. The molecule has 1 aliphatic carbocycles. The number of hydrogen-bond acceptors (Lipinski definition) is 2. The van der Waals surface area contributed by atoms with Crippen LogP contribution in [0, 0.1) is 17.3 Å². The highest BCUT2D eigenvalue weighted by molar-refractivity contribution is 4.91. The van der Waals surface area contributed by atoms with Gasteiger partial charge in [0.2, 0.25) is 0 Å². The summed E-state index contributed by atoms with van der Waals surface area (Å²) in [5.41, 5.74) is 0.555. The number of likely N-dealkylation sites (tertiary alicyclic amines) is 1. The van der Waals surface area contributed by atoms with Gasteiger partial charge in [0, 0.05) is 19.1 Å². The van der Waals surface area contributed by atoms with Gasteiger partial charge in [-0.3, -0.25) is 0 Å². The molecular weight excluding hydrogens is 244 g/mol. The lowest BCUT2D eigenvalue weighted by Crippen LogP contribution is -2.47. The number of nitrogens with one attached hydrogen (secondary N) is 1. The largest absolute Gasteiger partial charge is 0.314 e. The van der Waals surface area contributed by atoms with Crippen molar-refractivity contribution < 1.29 is 0 Å². The Hall–Kier alpha value is -0.0800. The van der Waals surface area contributed by atoms with Crippen LogP contribution < -0.4 is 5.32 Å². The van der Waals surface area contributed by atoms with E-state index in [0.717, 1.165) is 24.4 Å². The molecule has 2 nitrogen and oxygen atoms in total. The Kier molecular flexibility index (Phi) is 5.92. The van der Waals surface area contributed by atoms with Gasteiger partial charge >= 0.3 is 0 Å². The molecule has 3 unspecified atom stereocenters. The van der Waals surface area contributed by atoms with E-state index >= 15 is 0 Å². The summed E-state index contributed by atoms with van der Waals surface area (Å²) in [4.78, 5) is 2.76. The first kappa shape index (κ1) is 16.3. The molecule has 0 spiro atoms. The summed E-state index contributed by atoms with van der Waals surface area (Å²) in [5.74, 6) is 1.84. The Labute approximate surface area is 126 Å². The van der Waals surface area contributed by atoms with E-state index in [1.165, 1.54) is 58.2 Å². The maximum absolute atomic E-state index is 3.76. The summed E-state index contributed by atoms with van der Waals surface area (Å²) >= 11 is 0. The smallest absolute Gasteiger partial charge is 0.0108 e. The molecule has 0 aromatic heterocycles. The van der Waals surface area contributed by atoms with Crippen molar-refractivity contribution >= 4 is 0 Å². The Bertz CT molecular complexity index is 287. The van der Waals surface area contributed by atoms with Gasteiger partial charge in [0.15, 0.2) is 0 Å². The molecule has 2 rings (SSSR count). The van der Waals surface area contributed by atoms with E-state index < -0.39 is 0 Å². The van der Waals surface area contributed by atoms with Gasteiger partial charge in [0.05, 0.1) is 0 Å². The molecule has 0 bridgehead atoms. The zero-order valence-corrected chi connectivity index (χ0v) is 14.3. The second-order valence-electron chi connectivity index (χ2n) is 8.03. The second kappa shape index (κ2) is 7.26. The topological polar surface area (TPSA) is 15.3 Å². The van der Waals surface area contributed by atoms with E-state index in [-0.39, 0.29) is 0 Å². The average Bonchev–Trinajstić information content (AvgIpc) is 2.80. The van der Waals surface area contributed by atoms with E-state index in [2.05, 4.69) is 37.9 Å². The average molecular weight is 280 g/mol. The van der Waals surface area contributed by atoms with Crippen molar-refractivity contribution in [3.63, 3.8) is 0 Å². The quantitative estimate of drug-likeness (QED) is 0.793. The molecule has 0 aromatic carbocycles. The van der Waals surface area contributed by atoms with E-state index in [9.17, 15) is 0 Å². The Morgan fingerprint density at radius 2 is 2.00 bits per heavy atom. The van der Waals surface area contributed by atoms with E-state index in [4.69, 9.17) is 0 Å². The normalized spacial score (nSPS) is 34.5. The maximum atomic E-state index is 3.76. The van der Waals surface area contributed by atoms with Crippen LogP contribution in [0.3, 0.4) is 0 Å². The summed E-state index contributed by atoms with van der Waals surface area (Å²) in [7, 11) is 0. The highest BCUT2D eigenvalue weighted by Gasteiger charge is 2.36. The molecule has 118 valence electrons. The first-order valence-electron chi connectivity index (χ1n) is 9.00. The molecule has 1 aliphatic heterocycles. The molecule has 1 saturated carbocycles. The van der Waals surface area contributed by atoms with Crippen molar-refractivity contribution in [3.05, 3.63) is 0 Å². The Balaban J connectivity index is 1.87. The first-order valence-corrected chi connectivity index (χ1v) is 9.00. The SMILES string of the molecule is CCCC1CCN(CC2CC(C)(C)CCC2NCC)C1. The molecule has 1 saturated heterocycles. The minimum atomic E-state index is 0.555. The summed E-state index contributed by atoms with van der Waals surface area (Å²) < 4.78 is 0. The van der Waals surface area contributed by atoms with Gasteiger partial charge in [-0.1, -0.05) is 34.1 Å². The van der Waals surface area contributed by atoms with Crippen LogP contribution >= 0.6 is 0 Å². The van der Waals surface area contributed by atoms with Crippen LogP contribution in [-0.4, -0.2) is 37.1 Å². The van der Waals surface area contributed by atoms with Crippen LogP contribution in [0.2, 0.25) is 0 Å². The van der Waals surface area contributed by atoms with Crippen molar-refractivity contribution in [1.82, 2.24) is 10.2 Å². The molecule has 0 amide bonds. The van der Waals surface area contributed by atoms with Crippen molar-refractivity contribution in [2.24, 2.45) is 17.3 Å². The van der Waals surface area contributed by atoms with Gasteiger partial charge in [0.1, 0.15) is 0 Å². The second-order valence-corrected chi connectivity index (χ2v) is 8.03. The van der Waals surface area contributed by atoms with Gasteiger partial charge in [-0.25, -0.2) is 0 Å². The van der Waals surface area contributed by atoms with Crippen LogP contribution in [-0.2, 0) is 0 Å². The van der Waals surface area contributed by atoms with Crippen molar-refractivity contribution in [1.29, 1.82) is 0 Å². The Morgan fingerprint density at radius 1 is 1.20 bits per heavy atom. The standard InChI is InChI=1S/C18H36N2/c1-5-7-15-9-11-20(13-15)14-16-12-18(3,4)10-8-17(16)19-6-2/h15-17,19H,5-14H2,1-4H3. The van der Waals surface area contributed by atoms with Crippen molar-refractivity contribution in [3.8, 4) is 0 Å². The third kappa shape index (κ3) is 4.46. The van der Waals surface area contributed by atoms with Gasteiger partial charge in [-0.2, -0.15) is 0 Å². The zero-order chi connectivity index (χ0) is 14.6. The molecule has 1 N–H and O–H groups in total. The van der Waals surface area contributed by atoms with Gasteiger partial charge in [-0.15, -0.1) is 0 Å². The van der Waals surface area contributed by atoms with Crippen LogP contribution in [0.5, 0.6) is 0 Å². The molecule has 2 heteroatoms. The maximum Gasteiger partial charge on any atom is 0.0108 e. The predicted molar refractivity (Wildman–Crippen MR) is 88.0 cm³/mol. The summed E-state index contributed by atoms with van der Waals surface area (Å²) in [6.45, 7) is 14.7. The molecule has 1 heterocycles. The van der Waals surface area contributed by atoms with Crippen LogP contribution in [0.4, 0.5) is 0 Å². The first-order chi connectivity index (χ1) is 9.54. The third-order valence-corrected chi connectivity index (χ3v) is 5.54. The fourth-order valence-corrected chi connectivity index (χ4v) is 4.51. The van der Waals surface area contributed by atoms with Crippen LogP contribution in [0.1, 0.15) is 66.2 Å². The Morgan fingerprint density at radius 3 is 2.70 bits per heavy atom. The lowest BCUT2D eigenvalue weighted by molar-refractivity contribution is 0.107. The van der Waals surface area contributed by atoms with Crippen molar-refractivity contribution in [2.75, 3.05) is 26.2 Å². The van der Waals surface area contributed by atoms with E-state index in [1.807, 2.05) is 0 Å². The summed E-state index contributed by atoms with van der Waals surface area (Å²) in [5, 5.41) is 3.76. The minimum absolute atomic E-state index is 0.555. The lowest BCUT2D eigenvalue weighted by atomic mass is 9.69. The molecule has 20 heavy (non-hydrogen) atoms. The van der Waals surface area contributed by atoms with E-state index in [0.29, 0.717) is 5.41 Å². The zero-order valence-electron chi connectivity index (χ0n) is 14.3. The van der Waals surface area contributed by atoms with Gasteiger partial charge in [-0.05, 0) is 62.4 Å². The summed E-state index contributed by atoms with van der Waals surface area (Å²) in [6.07, 6.45) is 8.39. The molecular formula is C18H36N2. The highest BCUT2D eigenvalue weighted by Crippen LogP contribution is 2.39. The van der Waals surface area contributed by atoms with Crippen LogP contribution in [0.15, 0.2) is 0 Å². The summed E-state index contributed by atoms with van der Waals surface area (Å²) in [6, 6.07) is 0.762. The molecule has 3 atom stereocenters. The fourth-order valence-electron chi connectivity index (χ4n) is 4.51. The van der Waals surface area contributed by atoms with E-state index in [1.54, 1.807) is 0 Å². The highest BCUT2D eigenvalue weighted by atomic mass is 15.2. The molecule has 0 aromatic rings. The third-order valence-electron chi connectivity index (χ3n) is 5.54.